The van der Waals surface area contributed by atoms with Crippen LogP contribution in [0.4, 0.5) is 5.69 Å². The van der Waals surface area contributed by atoms with Gasteiger partial charge in [0.05, 0.1) is 11.8 Å². The zero-order chi connectivity index (χ0) is 14.8. The summed E-state index contributed by atoms with van der Waals surface area (Å²) in [7, 11) is 0. The van der Waals surface area contributed by atoms with Gasteiger partial charge < -0.3 is 15.8 Å². The van der Waals surface area contributed by atoms with Crippen LogP contribution in [0.25, 0.3) is 10.2 Å². The Kier molecular flexibility index (Phi) is 4.07. The number of pyridine rings is 1. The highest BCUT2D eigenvalue weighted by Gasteiger charge is 2.27. The average molecular weight is 305 g/mol. The summed E-state index contributed by atoms with van der Waals surface area (Å²) in [4.78, 5) is 17.9. The zero-order valence-corrected chi connectivity index (χ0v) is 12.8. The van der Waals surface area contributed by atoms with Crippen molar-refractivity contribution in [3.63, 3.8) is 0 Å². The maximum Gasteiger partial charge on any atom is 0.263 e. The number of nitrogens with two attached hydrogens (primary N) is 1. The number of carbonyl (C=O) groups is 1. The van der Waals surface area contributed by atoms with E-state index in [0.29, 0.717) is 23.0 Å². The molecule has 21 heavy (non-hydrogen) atoms. The molecule has 5 nitrogen and oxygen atoms in total. The molecule has 0 spiro atoms. The standard InChI is InChI=1S/C15H19N3O2S/c1-2-11-9(5-7-20-11)8-18-14(19)13-12(16)10-4-3-6-17-15(10)21-13/h3-4,6,9,11H,2,5,7-8,16H2,1H3,(H,18,19). The fraction of sp³-hybridized carbons (Fsp3) is 0.467. The van der Waals surface area contributed by atoms with Crippen LogP contribution in [-0.4, -0.2) is 30.1 Å². The third-order valence-corrected chi connectivity index (χ3v) is 5.11. The Morgan fingerprint density at radius 2 is 2.48 bits per heavy atom. The van der Waals surface area contributed by atoms with Gasteiger partial charge in [0, 0.05) is 30.7 Å². The number of aromatic nitrogens is 1. The smallest absolute Gasteiger partial charge is 0.263 e. The van der Waals surface area contributed by atoms with Crippen molar-refractivity contribution in [1.82, 2.24) is 10.3 Å². The lowest BCUT2D eigenvalue weighted by Gasteiger charge is -2.17. The number of hydrogen-bond acceptors (Lipinski definition) is 5. The average Bonchev–Trinajstić information content (AvgIpc) is 3.09. The molecule has 2 unspecified atom stereocenters. The van der Waals surface area contributed by atoms with E-state index in [2.05, 4.69) is 17.2 Å². The van der Waals surface area contributed by atoms with Gasteiger partial charge in [-0.05, 0) is 25.0 Å². The summed E-state index contributed by atoms with van der Waals surface area (Å²) in [6.45, 7) is 3.53. The molecule has 2 aromatic heterocycles. The number of carbonyl (C=O) groups excluding carboxylic acids is 1. The number of hydrogen-bond donors (Lipinski definition) is 2. The highest BCUT2D eigenvalue weighted by Crippen LogP contribution is 2.32. The first-order valence-electron chi connectivity index (χ1n) is 7.23. The van der Waals surface area contributed by atoms with Crippen LogP contribution < -0.4 is 11.1 Å². The fourth-order valence-corrected chi connectivity index (χ4v) is 3.78. The maximum absolute atomic E-state index is 12.3. The van der Waals surface area contributed by atoms with Gasteiger partial charge in [0.15, 0.2) is 0 Å². The highest BCUT2D eigenvalue weighted by atomic mass is 32.1. The summed E-state index contributed by atoms with van der Waals surface area (Å²) >= 11 is 1.34. The Morgan fingerprint density at radius 3 is 3.24 bits per heavy atom. The van der Waals surface area contributed by atoms with Gasteiger partial charge in [-0.1, -0.05) is 6.92 Å². The number of rotatable bonds is 4. The van der Waals surface area contributed by atoms with E-state index in [-0.39, 0.29) is 12.0 Å². The molecule has 0 aromatic carbocycles. The van der Waals surface area contributed by atoms with Gasteiger partial charge in [0.2, 0.25) is 0 Å². The summed E-state index contributed by atoms with van der Waals surface area (Å²) in [6.07, 6.45) is 3.95. The molecule has 3 heterocycles. The monoisotopic (exact) mass is 305 g/mol. The Balaban J connectivity index is 1.71. The van der Waals surface area contributed by atoms with E-state index in [1.54, 1.807) is 6.20 Å². The summed E-state index contributed by atoms with van der Waals surface area (Å²) in [5.74, 6) is 0.282. The molecule has 3 rings (SSSR count). The van der Waals surface area contributed by atoms with Gasteiger partial charge in [-0.15, -0.1) is 11.3 Å². The minimum absolute atomic E-state index is 0.114. The normalized spacial score (nSPS) is 21.8. The van der Waals surface area contributed by atoms with Crippen LogP contribution >= 0.6 is 11.3 Å². The van der Waals surface area contributed by atoms with Crippen molar-refractivity contribution in [1.29, 1.82) is 0 Å². The quantitative estimate of drug-likeness (QED) is 0.909. The second-order valence-corrected chi connectivity index (χ2v) is 6.28. The van der Waals surface area contributed by atoms with Crippen molar-refractivity contribution in [2.75, 3.05) is 18.9 Å². The molecule has 0 aliphatic carbocycles. The molecule has 1 saturated heterocycles. The Labute approximate surface area is 127 Å². The van der Waals surface area contributed by atoms with E-state index in [0.717, 1.165) is 29.7 Å². The van der Waals surface area contributed by atoms with E-state index >= 15 is 0 Å². The lowest BCUT2D eigenvalue weighted by Crippen LogP contribution is -2.32. The van der Waals surface area contributed by atoms with E-state index < -0.39 is 0 Å². The fourth-order valence-electron chi connectivity index (χ4n) is 2.80. The number of nitrogen functional groups attached to an aromatic ring is 1. The molecular formula is C15H19N3O2S. The first kappa shape index (κ1) is 14.3. The van der Waals surface area contributed by atoms with Crippen LogP contribution in [0, 0.1) is 5.92 Å². The first-order chi connectivity index (χ1) is 10.2. The van der Waals surface area contributed by atoms with Crippen molar-refractivity contribution in [3.05, 3.63) is 23.2 Å². The first-order valence-corrected chi connectivity index (χ1v) is 8.05. The highest BCUT2D eigenvalue weighted by molar-refractivity contribution is 7.21. The number of nitrogens with zero attached hydrogens (tertiary/aromatic N) is 1. The molecule has 0 saturated carbocycles. The van der Waals surface area contributed by atoms with Crippen molar-refractivity contribution in [3.8, 4) is 0 Å². The summed E-state index contributed by atoms with van der Waals surface area (Å²) < 4.78 is 5.64. The van der Waals surface area contributed by atoms with E-state index in [4.69, 9.17) is 10.5 Å². The SMILES string of the molecule is CCC1OCCC1CNC(=O)c1sc2ncccc2c1N. The lowest BCUT2D eigenvalue weighted by molar-refractivity contribution is 0.0828. The largest absolute Gasteiger partial charge is 0.397 e. The van der Waals surface area contributed by atoms with Gasteiger partial charge >= 0.3 is 0 Å². The minimum Gasteiger partial charge on any atom is -0.397 e. The number of thiophene rings is 1. The Bertz CT molecular complexity index is 655. The molecule has 0 radical (unpaired) electrons. The predicted molar refractivity (Wildman–Crippen MR) is 84.5 cm³/mol. The molecule has 6 heteroatoms. The number of ether oxygens (including phenoxy) is 1. The molecule has 1 aliphatic heterocycles. The summed E-state index contributed by atoms with van der Waals surface area (Å²) in [5, 5.41) is 3.84. The third kappa shape index (κ3) is 2.73. The van der Waals surface area contributed by atoms with Gasteiger partial charge in [0.25, 0.3) is 5.91 Å². The Morgan fingerprint density at radius 1 is 1.62 bits per heavy atom. The molecule has 1 fully saturated rings. The number of fused-ring (bicyclic) bond motifs is 1. The van der Waals surface area contributed by atoms with Crippen molar-refractivity contribution in [2.24, 2.45) is 5.92 Å². The molecule has 2 atom stereocenters. The maximum atomic E-state index is 12.3. The third-order valence-electron chi connectivity index (χ3n) is 3.98. The molecule has 1 aliphatic rings. The van der Waals surface area contributed by atoms with Crippen LogP contribution in [0.2, 0.25) is 0 Å². The van der Waals surface area contributed by atoms with E-state index in [1.165, 1.54) is 11.3 Å². The van der Waals surface area contributed by atoms with Crippen molar-refractivity contribution < 1.29 is 9.53 Å². The predicted octanol–water partition coefficient (Wildman–Crippen LogP) is 2.42. The summed E-state index contributed by atoms with van der Waals surface area (Å²) in [5.41, 5.74) is 6.59. The zero-order valence-electron chi connectivity index (χ0n) is 12.0. The molecule has 2 aromatic rings. The molecule has 3 N–H and O–H groups in total. The number of amides is 1. The van der Waals surface area contributed by atoms with Crippen molar-refractivity contribution in [2.45, 2.75) is 25.9 Å². The number of nitrogens with one attached hydrogen (secondary N) is 1. The molecule has 112 valence electrons. The van der Waals surface area contributed by atoms with Crippen LogP contribution in [-0.2, 0) is 4.74 Å². The van der Waals surface area contributed by atoms with E-state index in [1.807, 2.05) is 12.1 Å². The van der Waals surface area contributed by atoms with Crippen molar-refractivity contribution >= 4 is 33.1 Å². The van der Waals surface area contributed by atoms with Crippen LogP contribution in [0.3, 0.4) is 0 Å². The van der Waals surface area contributed by atoms with Gasteiger partial charge in [-0.2, -0.15) is 0 Å². The second kappa shape index (κ2) is 5.99. The van der Waals surface area contributed by atoms with Crippen LogP contribution in [0.1, 0.15) is 29.4 Å². The van der Waals surface area contributed by atoms with Crippen LogP contribution in [0.15, 0.2) is 18.3 Å². The van der Waals surface area contributed by atoms with Gasteiger partial charge in [0.1, 0.15) is 9.71 Å². The number of anilines is 1. The Hall–Kier alpha value is -1.66. The second-order valence-electron chi connectivity index (χ2n) is 5.28. The lowest BCUT2D eigenvalue weighted by atomic mass is 10.00. The van der Waals surface area contributed by atoms with Crippen LogP contribution in [0.5, 0.6) is 0 Å². The molecule has 1 amide bonds. The molecular weight excluding hydrogens is 286 g/mol. The minimum atomic E-state index is -0.114. The van der Waals surface area contributed by atoms with E-state index in [9.17, 15) is 4.79 Å². The summed E-state index contributed by atoms with van der Waals surface area (Å²) in [6, 6.07) is 3.72. The van der Waals surface area contributed by atoms with Gasteiger partial charge in [-0.25, -0.2) is 4.98 Å². The molecule has 0 bridgehead atoms. The van der Waals surface area contributed by atoms with Gasteiger partial charge in [-0.3, -0.25) is 4.79 Å². The topological polar surface area (TPSA) is 77.2 Å².